The van der Waals surface area contributed by atoms with E-state index in [0.29, 0.717) is 5.16 Å². The second-order valence-corrected chi connectivity index (χ2v) is 10.6. The highest BCUT2D eigenvalue weighted by molar-refractivity contribution is 7.99. The first-order valence-corrected chi connectivity index (χ1v) is 12.9. The maximum absolute atomic E-state index is 12.6. The van der Waals surface area contributed by atoms with Crippen LogP contribution in [-0.4, -0.2) is 32.1 Å². The minimum atomic E-state index is -0.204. The molecule has 0 aliphatic rings. The summed E-state index contributed by atoms with van der Waals surface area (Å²) in [6.07, 6.45) is 0. The Morgan fingerprint density at radius 1 is 0.944 bits per heavy atom. The van der Waals surface area contributed by atoms with Gasteiger partial charge < -0.3 is 0 Å². The molecule has 0 aliphatic heterocycles. The molecule has 0 unspecified atom stereocenters. The number of carbonyl (C=O) groups excluding carboxylic acids is 1. The predicted molar refractivity (Wildman–Crippen MR) is 148 cm³/mol. The monoisotopic (exact) mass is 497 g/mol. The highest BCUT2D eigenvalue weighted by Crippen LogP contribution is 2.30. The van der Waals surface area contributed by atoms with E-state index in [0.717, 1.165) is 28.4 Å². The first kappa shape index (κ1) is 25.4. The summed E-state index contributed by atoms with van der Waals surface area (Å²) in [4.78, 5) is 12.6. The third-order valence-electron chi connectivity index (χ3n) is 5.81. The number of thioether (sulfide) groups is 1. The van der Waals surface area contributed by atoms with E-state index < -0.39 is 0 Å². The van der Waals surface area contributed by atoms with Gasteiger partial charge in [-0.15, -0.1) is 10.2 Å². The van der Waals surface area contributed by atoms with E-state index in [1.54, 1.807) is 0 Å². The number of aromatic nitrogens is 3. The van der Waals surface area contributed by atoms with Crippen molar-refractivity contribution >= 4 is 23.4 Å². The second-order valence-electron chi connectivity index (χ2n) is 9.69. The van der Waals surface area contributed by atoms with Crippen LogP contribution in [0, 0.1) is 6.92 Å². The van der Waals surface area contributed by atoms with Gasteiger partial charge in [-0.3, -0.25) is 9.36 Å². The van der Waals surface area contributed by atoms with Crippen LogP contribution in [0.25, 0.3) is 17.1 Å². The van der Waals surface area contributed by atoms with Crippen molar-refractivity contribution in [2.75, 3.05) is 5.75 Å². The number of hydrazone groups is 1. The van der Waals surface area contributed by atoms with Crippen molar-refractivity contribution in [3.05, 3.63) is 95.6 Å². The molecule has 0 bridgehead atoms. The van der Waals surface area contributed by atoms with Gasteiger partial charge in [0, 0.05) is 11.3 Å². The summed E-state index contributed by atoms with van der Waals surface area (Å²) in [5.41, 5.74) is 8.77. The van der Waals surface area contributed by atoms with Crippen LogP contribution in [0.2, 0.25) is 0 Å². The van der Waals surface area contributed by atoms with Crippen molar-refractivity contribution in [1.29, 1.82) is 0 Å². The molecule has 0 saturated carbocycles. The van der Waals surface area contributed by atoms with E-state index in [1.807, 2.05) is 54.0 Å². The summed E-state index contributed by atoms with van der Waals surface area (Å²) in [5, 5.41) is 13.8. The molecule has 1 heterocycles. The molecule has 1 aromatic heterocycles. The molecule has 0 spiro atoms. The molecular weight excluding hydrogens is 466 g/mol. The summed E-state index contributed by atoms with van der Waals surface area (Å²) in [6, 6.07) is 26.4. The van der Waals surface area contributed by atoms with Gasteiger partial charge in [-0.25, -0.2) is 5.43 Å². The Kier molecular flexibility index (Phi) is 7.70. The molecule has 4 rings (SSSR count). The molecule has 1 N–H and O–H groups in total. The molecule has 6 nitrogen and oxygen atoms in total. The van der Waals surface area contributed by atoms with Crippen molar-refractivity contribution in [1.82, 2.24) is 20.2 Å². The normalized spacial score (nSPS) is 12.0. The van der Waals surface area contributed by atoms with Crippen LogP contribution in [0.4, 0.5) is 0 Å². The van der Waals surface area contributed by atoms with Gasteiger partial charge in [0.1, 0.15) is 0 Å². The van der Waals surface area contributed by atoms with E-state index in [2.05, 4.69) is 84.8 Å². The first-order chi connectivity index (χ1) is 17.2. The van der Waals surface area contributed by atoms with Gasteiger partial charge in [0.15, 0.2) is 11.0 Å². The molecule has 1 amide bonds. The fourth-order valence-electron chi connectivity index (χ4n) is 3.65. The molecule has 3 aromatic carbocycles. The van der Waals surface area contributed by atoms with E-state index >= 15 is 0 Å². The number of benzene rings is 3. The molecule has 0 atom stereocenters. The van der Waals surface area contributed by atoms with Gasteiger partial charge in [-0.1, -0.05) is 105 Å². The Bertz CT molecular complexity index is 1350. The number of rotatable bonds is 7. The lowest BCUT2D eigenvalue weighted by atomic mass is 9.87. The topological polar surface area (TPSA) is 72.2 Å². The summed E-state index contributed by atoms with van der Waals surface area (Å²) in [5.74, 6) is 0.698. The van der Waals surface area contributed by atoms with Gasteiger partial charge >= 0.3 is 0 Å². The van der Waals surface area contributed by atoms with Gasteiger partial charge in [0.25, 0.3) is 5.91 Å². The zero-order valence-electron chi connectivity index (χ0n) is 21.3. The number of aryl methyl sites for hydroxylation is 1. The lowest BCUT2D eigenvalue weighted by molar-refractivity contribution is -0.118. The van der Waals surface area contributed by atoms with Crippen LogP contribution in [0.1, 0.15) is 44.4 Å². The van der Waals surface area contributed by atoms with E-state index in [-0.39, 0.29) is 17.1 Å². The highest BCUT2D eigenvalue weighted by atomic mass is 32.2. The van der Waals surface area contributed by atoms with Crippen molar-refractivity contribution in [2.24, 2.45) is 5.10 Å². The number of amides is 1. The first-order valence-electron chi connectivity index (χ1n) is 11.9. The third-order valence-corrected chi connectivity index (χ3v) is 6.74. The van der Waals surface area contributed by atoms with Crippen molar-refractivity contribution in [3.63, 3.8) is 0 Å². The molecular formula is C29H31N5OS. The Morgan fingerprint density at radius 2 is 1.61 bits per heavy atom. The Hall–Kier alpha value is -3.71. The molecule has 4 aromatic rings. The smallest absolute Gasteiger partial charge is 0.250 e. The van der Waals surface area contributed by atoms with E-state index in [4.69, 9.17) is 0 Å². The Labute approximate surface area is 216 Å². The quantitative estimate of drug-likeness (QED) is 0.188. The zero-order chi connectivity index (χ0) is 25.7. The summed E-state index contributed by atoms with van der Waals surface area (Å²) in [6.45, 7) is 10.5. The molecule has 0 aliphatic carbocycles. The van der Waals surface area contributed by atoms with Gasteiger partial charge in [-0.05, 0) is 42.5 Å². The van der Waals surface area contributed by atoms with Crippen LogP contribution in [0.5, 0.6) is 0 Å². The van der Waals surface area contributed by atoms with Crippen LogP contribution < -0.4 is 5.43 Å². The molecule has 7 heteroatoms. The minimum absolute atomic E-state index is 0.0683. The minimum Gasteiger partial charge on any atom is -0.272 e. The lowest BCUT2D eigenvalue weighted by Gasteiger charge is -2.19. The Morgan fingerprint density at radius 3 is 2.25 bits per heavy atom. The van der Waals surface area contributed by atoms with Crippen LogP contribution in [-0.2, 0) is 10.2 Å². The SMILES string of the molecule is C/C(=N\NC(=O)CSc1nnc(-c2ccc(C(C)(C)C)cc2)n1-c1ccc(C)cc1)c1ccccc1. The third kappa shape index (κ3) is 6.10. The molecule has 36 heavy (non-hydrogen) atoms. The predicted octanol–water partition coefficient (Wildman–Crippen LogP) is 6.17. The van der Waals surface area contributed by atoms with E-state index in [1.165, 1.54) is 22.9 Å². The lowest BCUT2D eigenvalue weighted by Crippen LogP contribution is -2.21. The average Bonchev–Trinajstić information content (AvgIpc) is 3.30. The maximum atomic E-state index is 12.6. The summed E-state index contributed by atoms with van der Waals surface area (Å²) in [7, 11) is 0. The number of nitrogens with zero attached hydrogens (tertiary/aromatic N) is 4. The van der Waals surface area contributed by atoms with Crippen molar-refractivity contribution < 1.29 is 4.79 Å². The standard InChI is InChI=1S/C29H31N5OS/c1-20-11-17-25(18-12-20)34-27(23-13-15-24(16-14-23)29(3,4)5)32-33-28(34)36-19-26(35)31-30-21(2)22-9-7-6-8-10-22/h6-18H,19H2,1-5H3,(H,31,35)/b30-21+. The molecule has 0 saturated heterocycles. The number of hydrogen-bond acceptors (Lipinski definition) is 5. The molecule has 0 fully saturated rings. The molecule has 0 radical (unpaired) electrons. The van der Waals surface area contributed by atoms with Crippen LogP contribution in [0.15, 0.2) is 89.1 Å². The summed E-state index contributed by atoms with van der Waals surface area (Å²) < 4.78 is 2.00. The van der Waals surface area contributed by atoms with Crippen molar-refractivity contribution in [3.8, 4) is 17.1 Å². The fourth-order valence-corrected chi connectivity index (χ4v) is 4.39. The second kappa shape index (κ2) is 10.9. The van der Waals surface area contributed by atoms with Crippen LogP contribution in [0.3, 0.4) is 0 Å². The maximum Gasteiger partial charge on any atom is 0.250 e. The van der Waals surface area contributed by atoms with Gasteiger partial charge in [0.2, 0.25) is 0 Å². The van der Waals surface area contributed by atoms with E-state index in [9.17, 15) is 4.79 Å². The van der Waals surface area contributed by atoms with Crippen molar-refractivity contribution in [2.45, 2.75) is 45.2 Å². The zero-order valence-corrected chi connectivity index (χ0v) is 22.1. The molecule has 184 valence electrons. The number of nitrogens with one attached hydrogen (secondary N) is 1. The fraction of sp³-hybridized carbons (Fsp3) is 0.241. The van der Waals surface area contributed by atoms with Crippen LogP contribution >= 0.6 is 11.8 Å². The number of hydrogen-bond donors (Lipinski definition) is 1. The highest BCUT2D eigenvalue weighted by Gasteiger charge is 2.19. The average molecular weight is 498 g/mol. The van der Waals surface area contributed by atoms with Gasteiger partial charge in [-0.2, -0.15) is 5.10 Å². The largest absolute Gasteiger partial charge is 0.272 e. The number of carbonyl (C=O) groups is 1. The summed E-state index contributed by atoms with van der Waals surface area (Å²) >= 11 is 1.33. The Balaban J connectivity index is 1.56. The van der Waals surface area contributed by atoms with Gasteiger partial charge in [0.05, 0.1) is 11.5 Å².